The number of ether oxygens (including phenoxy) is 1. The highest BCUT2D eigenvalue weighted by molar-refractivity contribution is 6.35. The van der Waals surface area contributed by atoms with E-state index in [4.69, 9.17) is 21.3 Å². The Balaban J connectivity index is 1.55. The van der Waals surface area contributed by atoms with Crippen LogP contribution >= 0.6 is 11.6 Å². The molecule has 2 aromatic carbocycles. The monoisotopic (exact) mass is 479 g/mol. The number of rotatable bonds is 5. The van der Waals surface area contributed by atoms with Gasteiger partial charge < -0.3 is 14.5 Å². The molecule has 0 unspecified atom stereocenters. The number of hydrogen-bond donors (Lipinski definition) is 0. The van der Waals surface area contributed by atoms with Crippen molar-refractivity contribution in [2.75, 3.05) is 26.2 Å². The van der Waals surface area contributed by atoms with E-state index in [1.165, 1.54) is 0 Å². The molecule has 1 aliphatic heterocycles. The van der Waals surface area contributed by atoms with E-state index < -0.39 is 0 Å². The van der Waals surface area contributed by atoms with Crippen molar-refractivity contribution < 1.29 is 19.1 Å². The Morgan fingerprint density at radius 3 is 2.59 bits per heavy atom. The van der Waals surface area contributed by atoms with E-state index in [1.54, 1.807) is 46.2 Å². The minimum Gasteiger partial charge on any atom is -0.449 e. The number of fused-ring (bicyclic) bond motifs is 1. The summed E-state index contributed by atoms with van der Waals surface area (Å²) in [6.45, 7) is 5.53. The van der Waals surface area contributed by atoms with Crippen molar-refractivity contribution in [3.63, 3.8) is 0 Å². The van der Waals surface area contributed by atoms with Crippen molar-refractivity contribution in [3.8, 4) is 11.3 Å². The summed E-state index contributed by atoms with van der Waals surface area (Å²) >= 11 is 6.51. The molecule has 0 N–H and O–H groups in total. The number of pyridine rings is 1. The molecule has 1 aliphatic rings. The highest BCUT2D eigenvalue weighted by Crippen LogP contribution is 2.29. The number of aromatic nitrogens is 1. The maximum atomic E-state index is 13.2. The minimum atomic E-state index is -0.334. The maximum absolute atomic E-state index is 13.2. The molecule has 2 amide bonds. The summed E-state index contributed by atoms with van der Waals surface area (Å²) in [5.74, 6) is -0.117. The predicted octanol–water partition coefficient (Wildman–Crippen LogP) is 5.06. The first-order valence-electron chi connectivity index (χ1n) is 11.3. The van der Waals surface area contributed by atoms with Crippen LogP contribution in [0.15, 0.2) is 48.5 Å². The average Bonchev–Trinajstić information content (AvgIpc) is 2.86. The van der Waals surface area contributed by atoms with Gasteiger partial charge in [0.05, 0.1) is 22.8 Å². The Morgan fingerprint density at radius 2 is 1.91 bits per heavy atom. The Bertz CT molecular complexity index is 1230. The van der Waals surface area contributed by atoms with Crippen molar-refractivity contribution in [1.29, 1.82) is 0 Å². The standard InChI is InChI=1S/C26H26ClN3O4/c1-3-12-34-26(33)30-11-10-29(15-17(30)2)25(32)20-8-9-21-22(27)14-23(28-24(21)13-20)19-6-4-18(16-31)5-7-19/h4-9,13-14,16-17H,3,10-12,15H2,1-2H3/t17-/m1/s1. The lowest BCUT2D eigenvalue weighted by molar-refractivity contribution is 0.0412. The quantitative estimate of drug-likeness (QED) is 0.478. The second-order valence-electron chi connectivity index (χ2n) is 8.37. The Morgan fingerprint density at radius 1 is 1.15 bits per heavy atom. The molecule has 4 rings (SSSR count). The van der Waals surface area contributed by atoms with Gasteiger partial charge in [-0.1, -0.05) is 48.9 Å². The van der Waals surface area contributed by atoms with E-state index in [-0.39, 0.29) is 18.0 Å². The summed E-state index contributed by atoms with van der Waals surface area (Å²) in [7, 11) is 0. The van der Waals surface area contributed by atoms with E-state index in [2.05, 4.69) is 0 Å². The smallest absolute Gasteiger partial charge is 0.410 e. The number of piperazine rings is 1. The van der Waals surface area contributed by atoms with Gasteiger partial charge in [-0.15, -0.1) is 0 Å². The maximum Gasteiger partial charge on any atom is 0.410 e. The van der Waals surface area contributed by atoms with Gasteiger partial charge in [-0.3, -0.25) is 9.59 Å². The van der Waals surface area contributed by atoms with Crippen LogP contribution in [0.4, 0.5) is 4.79 Å². The molecule has 1 fully saturated rings. The Hall–Kier alpha value is -3.45. The van der Waals surface area contributed by atoms with Crippen molar-refractivity contribution in [2.24, 2.45) is 0 Å². The molecule has 3 aromatic rings. The van der Waals surface area contributed by atoms with Crippen LogP contribution in [0.1, 0.15) is 41.0 Å². The molecule has 34 heavy (non-hydrogen) atoms. The predicted molar refractivity (Wildman–Crippen MR) is 131 cm³/mol. The molecule has 7 nitrogen and oxygen atoms in total. The Kier molecular flexibility index (Phi) is 7.12. The van der Waals surface area contributed by atoms with Gasteiger partial charge in [0.15, 0.2) is 0 Å². The van der Waals surface area contributed by atoms with E-state index in [0.717, 1.165) is 23.7 Å². The number of hydrogen-bond acceptors (Lipinski definition) is 5. The normalized spacial score (nSPS) is 15.9. The minimum absolute atomic E-state index is 0.117. The first kappa shape index (κ1) is 23.7. The summed E-state index contributed by atoms with van der Waals surface area (Å²) in [4.78, 5) is 44.5. The summed E-state index contributed by atoms with van der Waals surface area (Å²) in [5.41, 5.74) is 3.19. The number of benzene rings is 2. The molecule has 0 radical (unpaired) electrons. The number of carbonyl (C=O) groups is 3. The second kappa shape index (κ2) is 10.2. The van der Waals surface area contributed by atoms with E-state index >= 15 is 0 Å². The van der Waals surface area contributed by atoms with Gasteiger partial charge >= 0.3 is 6.09 Å². The SMILES string of the molecule is CCCOC(=O)N1CCN(C(=O)c2ccc3c(Cl)cc(-c4ccc(C=O)cc4)nc3c2)C[C@H]1C. The molecule has 8 heteroatoms. The molecular formula is C26H26ClN3O4. The molecule has 2 heterocycles. The lowest BCUT2D eigenvalue weighted by Gasteiger charge is -2.39. The lowest BCUT2D eigenvalue weighted by atomic mass is 10.1. The van der Waals surface area contributed by atoms with Crippen molar-refractivity contribution in [3.05, 3.63) is 64.7 Å². The first-order chi connectivity index (χ1) is 16.4. The van der Waals surface area contributed by atoms with Gasteiger partial charge in [0, 0.05) is 47.8 Å². The fraction of sp³-hybridized carbons (Fsp3) is 0.308. The number of aldehydes is 1. The first-order valence-corrected chi connectivity index (χ1v) is 11.7. The molecule has 1 aromatic heterocycles. The van der Waals surface area contributed by atoms with Crippen LogP contribution in [0.5, 0.6) is 0 Å². The zero-order valence-electron chi connectivity index (χ0n) is 19.2. The fourth-order valence-corrected chi connectivity index (χ4v) is 4.33. The van der Waals surface area contributed by atoms with Crippen LogP contribution in [0.2, 0.25) is 5.02 Å². The molecule has 1 atom stereocenters. The van der Waals surface area contributed by atoms with Gasteiger partial charge in [-0.05, 0) is 31.5 Å². The summed E-state index contributed by atoms with van der Waals surface area (Å²) < 4.78 is 5.25. The van der Waals surface area contributed by atoms with E-state index in [1.807, 2.05) is 26.0 Å². The van der Waals surface area contributed by atoms with Crippen molar-refractivity contribution in [1.82, 2.24) is 14.8 Å². The van der Waals surface area contributed by atoms with Crippen LogP contribution in [0.3, 0.4) is 0 Å². The molecule has 176 valence electrons. The lowest BCUT2D eigenvalue weighted by Crippen LogP contribution is -2.55. The third-order valence-corrected chi connectivity index (χ3v) is 6.24. The highest BCUT2D eigenvalue weighted by Gasteiger charge is 2.31. The molecule has 1 saturated heterocycles. The van der Waals surface area contributed by atoms with Gasteiger partial charge in [-0.2, -0.15) is 0 Å². The number of carbonyl (C=O) groups excluding carboxylic acids is 3. The zero-order valence-corrected chi connectivity index (χ0v) is 19.9. The summed E-state index contributed by atoms with van der Waals surface area (Å²) in [5, 5.41) is 1.29. The fourth-order valence-electron chi connectivity index (χ4n) is 4.07. The van der Waals surface area contributed by atoms with Crippen LogP contribution in [-0.4, -0.2) is 65.4 Å². The second-order valence-corrected chi connectivity index (χ2v) is 8.78. The molecule has 0 saturated carbocycles. The van der Waals surface area contributed by atoms with Crippen LogP contribution in [0.25, 0.3) is 22.2 Å². The van der Waals surface area contributed by atoms with E-state index in [9.17, 15) is 14.4 Å². The average molecular weight is 480 g/mol. The summed E-state index contributed by atoms with van der Waals surface area (Å²) in [6.07, 6.45) is 1.22. The van der Waals surface area contributed by atoms with Crippen molar-refractivity contribution in [2.45, 2.75) is 26.3 Å². The van der Waals surface area contributed by atoms with Gasteiger partial charge in [0.1, 0.15) is 6.29 Å². The zero-order chi connectivity index (χ0) is 24.2. The van der Waals surface area contributed by atoms with Gasteiger partial charge in [0.25, 0.3) is 5.91 Å². The van der Waals surface area contributed by atoms with Crippen LogP contribution in [0, 0.1) is 0 Å². The molecular weight excluding hydrogens is 454 g/mol. The number of nitrogens with zero attached hydrogens (tertiary/aromatic N) is 3. The Labute approximate surface area is 203 Å². The van der Waals surface area contributed by atoms with Crippen LogP contribution < -0.4 is 0 Å². The molecule has 0 bridgehead atoms. The van der Waals surface area contributed by atoms with Gasteiger partial charge in [-0.25, -0.2) is 9.78 Å². The largest absolute Gasteiger partial charge is 0.449 e. The molecule has 0 spiro atoms. The molecule has 0 aliphatic carbocycles. The van der Waals surface area contributed by atoms with Gasteiger partial charge in [0.2, 0.25) is 0 Å². The third-order valence-electron chi connectivity index (χ3n) is 5.93. The van der Waals surface area contributed by atoms with E-state index in [0.29, 0.717) is 53.6 Å². The highest BCUT2D eigenvalue weighted by atomic mass is 35.5. The third kappa shape index (κ3) is 4.89. The number of amides is 2. The summed E-state index contributed by atoms with van der Waals surface area (Å²) in [6, 6.07) is 14.0. The topological polar surface area (TPSA) is 79.8 Å². The van der Waals surface area contributed by atoms with Crippen molar-refractivity contribution >= 4 is 40.8 Å². The number of halogens is 1. The van der Waals surface area contributed by atoms with Crippen LogP contribution in [-0.2, 0) is 4.74 Å².